The Bertz CT molecular complexity index is 610. The van der Waals surface area contributed by atoms with Gasteiger partial charge in [-0.05, 0) is 12.1 Å². The summed E-state index contributed by atoms with van der Waals surface area (Å²) in [4.78, 5) is 17.2. The third kappa shape index (κ3) is 3.36. The second-order valence-electron chi connectivity index (χ2n) is 4.85. The van der Waals surface area contributed by atoms with Gasteiger partial charge in [-0.25, -0.2) is 4.98 Å². The summed E-state index contributed by atoms with van der Waals surface area (Å²) < 4.78 is 39.1. The standard InChI is InChI=1S/C12H17FN4O3S/c1-15(2)21(19,20)17-7-5-16(6-8-17)12(18)10-3-4-11(13)14-9-10/h3-4,9H,5-8H2,1-2H3. The summed E-state index contributed by atoms with van der Waals surface area (Å²) in [7, 11) is -0.514. The molecular formula is C12H17FN4O3S. The van der Waals surface area contributed by atoms with Crippen molar-refractivity contribution >= 4 is 16.1 Å². The van der Waals surface area contributed by atoms with Crippen molar-refractivity contribution in [2.45, 2.75) is 0 Å². The van der Waals surface area contributed by atoms with Crippen LogP contribution in [0.1, 0.15) is 10.4 Å². The lowest BCUT2D eigenvalue weighted by Gasteiger charge is -2.35. The van der Waals surface area contributed by atoms with Gasteiger partial charge >= 0.3 is 0 Å². The van der Waals surface area contributed by atoms with Crippen LogP contribution in [0.15, 0.2) is 18.3 Å². The minimum atomic E-state index is -3.45. The summed E-state index contributed by atoms with van der Waals surface area (Å²) in [5.41, 5.74) is 0.292. The molecule has 21 heavy (non-hydrogen) atoms. The maximum Gasteiger partial charge on any atom is 0.281 e. The first-order valence-electron chi connectivity index (χ1n) is 6.41. The molecule has 7 nitrogen and oxygen atoms in total. The summed E-state index contributed by atoms with van der Waals surface area (Å²) in [6, 6.07) is 2.49. The number of rotatable bonds is 3. The highest BCUT2D eigenvalue weighted by molar-refractivity contribution is 7.86. The molecular weight excluding hydrogens is 299 g/mol. The molecule has 0 unspecified atom stereocenters. The molecule has 0 atom stereocenters. The van der Waals surface area contributed by atoms with Crippen molar-refractivity contribution in [1.82, 2.24) is 18.5 Å². The molecule has 1 aromatic heterocycles. The predicted molar refractivity (Wildman–Crippen MR) is 74.3 cm³/mol. The van der Waals surface area contributed by atoms with Gasteiger partial charge in [0.1, 0.15) is 0 Å². The fourth-order valence-corrected chi connectivity index (χ4v) is 3.12. The van der Waals surface area contributed by atoms with Crippen molar-refractivity contribution < 1.29 is 17.6 Å². The van der Waals surface area contributed by atoms with Crippen LogP contribution < -0.4 is 0 Å². The number of halogens is 1. The van der Waals surface area contributed by atoms with Crippen LogP contribution in [0.5, 0.6) is 0 Å². The van der Waals surface area contributed by atoms with Gasteiger partial charge in [0.05, 0.1) is 5.56 Å². The Kier molecular flexibility index (Phi) is 4.55. The fourth-order valence-electron chi connectivity index (χ4n) is 2.04. The zero-order valence-electron chi connectivity index (χ0n) is 11.9. The first-order chi connectivity index (χ1) is 9.82. The number of carbonyl (C=O) groups is 1. The molecule has 0 bridgehead atoms. The van der Waals surface area contributed by atoms with Crippen molar-refractivity contribution in [1.29, 1.82) is 0 Å². The first-order valence-corrected chi connectivity index (χ1v) is 7.80. The van der Waals surface area contributed by atoms with Gasteiger partial charge in [-0.15, -0.1) is 0 Å². The molecule has 2 heterocycles. The van der Waals surface area contributed by atoms with Gasteiger partial charge in [0.15, 0.2) is 0 Å². The van der Waals surface area contributed by atoms with E-state index in [0.29, 0.717) is 18.7 Å². The lowest BCUT2D eigenvalue weighted by atomic mass is 10.2. The second kappa shape index (κ2) is 6.04. The molecule has 0 spiro atoms. The maximum atomic E-state index is 12.7. The van der Waals surface area contributed by atoms with Gasteiger partial charge in [0.25, 0.3) is 16.1 Å². The minimum Gasteiger partial charge on any atom is -0.336 e. The third-order valence-corrected chi connectivity index (χ3v) is 5.23. The number of aromatic nitrogens is 1. The molecule has 1 aromatic rings. The Hall–Kier alpha value is -1.58. The Morgan fingerprint density at radius 2 is 1.86 bits per heavy atom. The van der Waals surface area contributed by atoms with E-state index in [9.17, 15) is 17.6 Å². The largest absolute Gasteiger partial charge is 0.336 e. The summed E-state index contributed by atoms with van der Waals surface area (Å²) in [5.74, 6) is -0.919. The van der Waals surface area contributed by atoms with E-state index in [1.165, 1.54) is 35.6 Å². The van der Waals surface area contributed by atoms with Gasteiger partial charge in [0, 0.05) is 46.5 Å². The molecule has 1 aliphatic heterocycles. The SMILES string of the molecule is CN(C)S(=O)(=O)N1CCN(C(=O)c2ccc(F)nc2)CC1. The van der Waals surface area contributed by atoms with E-state index in [-0.39, 0.29) is 19.0 Å². The summed E-state index contributed by atoms with van der Waals surface area (Å²) >= 11 is 0. The van der Waals surface area contributed by atoms with E-state index in [2.05, 4.69) is 4.98 Å². The second-order valence-corrected chi connectivity index (χ2v) is 6.99. The fraction of sp³-hybridized carbons (Fsp3) is 0.500. The van der Waals surface area contributed by atoms with Crippen LogP contribution in [-0.2, 0) is 10.2 Å². The van der Waals surface area contributed by atoms with Crippen LogP contribution in [0.4, 0.5) is 4.39 Å². The van der Waals surface area contributed by atoms with E-state index in [1.54, 1.807) is 0 Å². The average Bonchev–Trinajstić information content (AvgIpc) is 2.47. The molecule has 9 heteroatoms. The molecule has 0 N–H and O–H groups in total. The Morgan fingerprint density at radius 1 is 1.24 bits per heavy atom. The number of hydrogen-bond acceptors (Lipinski definition) is 4. The molecule has 0 radical (unpaired) electrons. The van der Waals surface area contributed by atoms with Gasteiger partial charge in [-0.3, -0.25) is 4.79 Å². The number of carbonyl (C=O) groups excluding carboxylic acids is 1. The zero-order valence-corrected chi connectivity index (χ0v) is 12.7. The van der Waals surface area contributed by atoms with Crippen molar-refractivity contribution in [3.8, 4) is 0 Å². The van der Waals surface area contributed by atoms with E-state index in [4.69, 9.17) is 0 Å². The number of piperazine rings is 1. The van der Waals surface area contributed by atoms with E-state index < -0.39 is 16.2 Å². The maximum absolute atomic E-state index is 12.7. The number of nitrogens with zero attached hydrogens (tertiary/aromatic N) is 4. The van der Waals surface area contributed by atoms with E-state index in [0.717, 1.165) is 10.4 Å². The highest BCUT2D eigenvalue weighted by Crippen LogP contribution is 2.12. The van der Waals surface area contributed by atoms with Crippen LogP contribution in [0, 0.1) is 5.95 Å². The first kappa shape index (κ1) is 15.8. The van der Waals surface area contributed by atoms with Crippen LogP contribution in [0.25, 0.3) is 0 Å². The lowest BCUT2D eigenvalue weighted by molar-refractivity contribution is 0.0694. The van der Waals surface area contributed by atoms with Crippen molar-refractivity contribution in [3.63, 3.8) is 0 Å². The normalized spacial score (nSPS) is 17.2. The molecule has 1 fully saturated rings. The highest BCUT2D eigenvalue weighted by Gasteiger charge is 2.30. The highest BCUT2D eigenvalue weighted by atomic mass is 32.2. The van der Waals surface area contributed by atoms with Crippen LogP contribution in [0.3, 0.4) is 0 Å². The summed E-state index contributed by atoms with van der Waals surface area (Å²) in [6.45, 7) is 1.06. The molecule has 2 rings (SSSR count). The predicted octanol–water partition coefficient (Wildman–Crippen LogP) is -0.215. The monoisotopic (exact) mass is 316 g/mol. The lowest BCUT2D eigenvalue weighted by Crippen LogP contribution is -2.53. The summed E-state index contributed by atoms with van der Waals surface area (Å²) in [5, 5.41) is 0. The topological polar surface area (TPSA) is 73.8 Å². The third-order valence-electron chi connectivity index (χ3n) is 3.29. The van der Waals surface area contributed by atoms with E-state index >= 15 is 0 Å². The van der Waals surface area contributed by atoms with Gasteiger partial charge in [0.2, 0.25) is 5.95 Å². The smallest absolute Gasteiger partial charge is 0.281 e. The number of pyridine rings is 1. The molecule has 1 aliphatic rings. The molecule has 0 saturated carbocycles. The Balaban J connectivity index is 2.01. The molecule has 1 amide bonds. The van der Waals surface area contributed by atoms with Crippen molar-refractivity contribution in [2.75, 3.05) is 40.3 Å². The molecule has 0 aliphatic carbocycles. The van der Waals surface area contributed by atoms with Crippen molar-refractivity contribution in [3.05, 3.63) is 29.8 Å². The van der Waals surface area contributed by atoms with Gasteiger partial charge in [-0.1, -0.05) is 0 Å². The molecule has 0 aromatic carbocycles. The van der Waals surface area contributed by atoms with Crippen molar-refractivity contribution in [2.24, 2.45) is 0 Å². The van der Waals surface area contributed by atoms with Crippen LogP contribution in [-0.4, -0.2) is 73.1 Å². The molecule has 116 valence electrons. The van der Waals surface area contributed by atoms with Gasteiger partial charge in [-0.2, -0.15) is 21.4 Å². The van der Waals surface area contributed by atoms with E-state index in [1.807, 2.05) is 0 Å². The Labute approximate surface area is 123 Å². The molecule has 1 saturated heterocycles. The van der Waals surface area contributed by atoms with Crippen LogP contribution in [0.2, 0.25) is 0 Å². The number of amides is 1. The quantitative estimate of drug-likeness (QED) is 0.723. The summed E-state index contributed by atoms with van der Waals surface area (Å²) in [6.07, 6.45) is 1.18. The average molecular weight is 316 g/mol. The van der Waals surface area contributed by atoms with Gasteiger partial charge < -0.3 is 4.90 Å². The minimum absolute atomic E-state index is 0.237. The Morgan fingerprint density at radius 3 is 2.33 bits per heavy atom. The number of hydrogen-bond donors (Lipinski definition) is 0. The van der Waals surface area contributed by atoms with Crippen LogP contribution >= 0.6 is 0 Å². The zero-order chi connectivity index (χ0) is 15.6.